The molecule has 1 aromatic heterocycles. The Morgan fingerprint density at radius 2 is 2.09 bits per heavy atom. The highest BCUT2D eigenvalue weighted by molar-refractivity contribution is 5.92. The number of rotatable bonds is 6. The zero-order valence-corrected chi connectivity index (χ0v) is 18.3. The molecule has 1 aliphatic carbocycles. The summed E-state index contributed by atoms with van der Waals surface area (Å²) in [5, 5.41) is 8.83. The van der Waals surface area contributed by atoms with Gasteiger partial charge < -0.3 is 21.7 Å². The molecule has 0 fully saturated rings. The summed E-state index contributed by atoms with van der Waals surface area (Å²) in [4.78, 5) is 29.8. The maximum absolute atomic E-state index is 13.6. The van der Waals surface area contributed by atoms with Gasteiger partial charge in [-0.2, -0.15) is 0 Å². The molecule has 2 aliphatic rings. The molecule has 3 atom stereocenters. The topological polar surface area (TPSA) is 109 Å². The molecule has 5 N–H and O–H groups in total. The van der Waals surface area contributed by atoms with Gasteiger partial charge >= 0.3 is 0 Å². The Labute approximate surface area is 190 Å². The fourth-order valence-corrected chi connectivity index (χ4v) is 4.29. The Kier molecular flexibility index (Phi) is 6.69. The highest BCUT2D eigenvalue weighted by Gasteiger charge is 2.29. The van der Waals surface area contributed by atoms with Gasteiger partial charge in [0.2, 0.25) is 11.8 Å². The first-order valence-corrected chi connectivity index (χ1v) is 11.0. The first-order valence-electron chi connectivity index (χ1n) is 11.0. The van der Waals surface area contributed by atoms with Gasteiger partial charge in [-0.15, -0.1) is 0 Å². The van der Waals surface area contributed by atoms with Crippen molar-refractivity contribution in [2.75, 3.05) is 12.3 Å². The molecular formula is C24H27F2N5O2. The average molecular weight is 456 g/mol. The standard InChI is InChI=1S/C24H27F2N5O2/c1-13(23(32)31-20-6-5-19-17(20)3-7-22(27)30-19)29-24(33)21-11-15(8-9-28-21)14-2-4-18(26)16(10-14)12-25/h2-4,7,10-11,13,20-21,28H,5-6,8-9,12H2,1H3,(H2,27,30)(H,29,33)(H,31,32)/t13?,20-,21-/m1/s1. The van der Waals surface area contributed by atoms with Crippen molar-refractivity contribution in [1.29, 1.82) is 0 Å². The third-order valence-corrected chi connectivity index (χ3v) is 6.11. The molecule has 4 rings (SSSR count). The van der Waals surface area contributed by atoms with E-state index in [4.69, 9.17) is 5.73 Å². The number of aromatic nitrogens is 1. The zero-order chi connectivity index (χ0) is 23.5. The number of nitrogens with one attached hydrogen (secondary N) is 3. The fourth-order valence-electron chi connectivity index (χ4n) is 4.29. The van der Waals surface area contributed by atoms with E-state index in [1.54, 1.807) is 25.1 Å². The van der Waals surface area contributed by atoms with E-state index in [-0.39, 0.29) is 23.4 Å². The molecule has 1 aromatic carbocycles. The second-order valence-electron chi connectivity index (χ2n) is 8.42. The molecule has 0 saturated heterocycles. The van der Waals surface area contributed by atoms with Crippen LogP contribution in [-0.4, -0.2) is 35.4 Å². The van der Waals surface area contributed by atoms with Crippen molar-refractivity contribution in [1.82, 2.24) is 20.9 Å². The van der Waals surface area contributed by atoms with E-state index < -0.39 is 24.6 Å². The normalized spacial score (nSPS) is 20.5. The van der Waals surface area contributed by atoms with Crippen LogP contribution in [0.1, 0.15) is 48.2 Å². The average Bonchev–Trinajstić information content (AvgIpc) is 3.20. The number of alkyl halides is 1. The SMILES string of the molecule is CC(NC(=O)[C@H]1C=C(c2ccc(F)c(CF)c2)CCN1)C(=O)N[C@@H]1CCc2nc(N)ccc21. The molecule has 0 saturated carbocycles. The first kappa shape index (κ1) is 22.8. The molecule has 2 aromatic rings. The van der Waals surface area contributed by atoms with Gasteiger partial charge in [-0.1, -0.05) is 18.2 Å². The highest BCUT2D eigenvalue weighted by Crippen LogP contribution is 2.30. The third-order valence-electron chi connectivity index (χ3n) is 6.11. The number of aryl methyl sites for hydroxylation is 1. The number of nitrogen functional groups attached to an aromatic ring is 1. The van der Waals surface area contributed by atoms with Gasteiger partial charge in [0.15, 0.2) is 0 Å². The van der Waals surface area contributed by atoms with Crippen molar-refractivity contribution in [2.24, 2.45) is 0 Å². The lowest BCUT2D eigenvalue weighted by atomic mass is 9.95. The minimum Gasteiger partial charge on any atom is -0.384 e. The quantitative estimate of drug-likeness (QED) is 0.535. The van der Waals surface area contributed by atoms with Crippen molar-refractivity contribution in [2.45, 2.75) is 51.0 Å². The first-order chi connectivity index (χ1) is 15.9. The molecule has 2 amide bonds. The minimum atomic E-state index is -0.892. The molecule has 2 heterocycles. The van der Waals surface area contributed by atoms with E-state index >= 15 is 0 Å². The van der Waals surface area contributed by atoms with Gasteiger partial charge in [0.1, 0.15) is 30.4 Å². The lowest BCUT2D eigenvalue weighted by Gasteiger charge is -2.25. The number of pyridine rings is 1. The summed E-state index contributed by atoms with van der Waals surface area (Å²) < 4.78 is 26.6. The van der Waals surface area contributed by atoms with E-state index in [9.17, 15) is 18.4 Å². The van der Waals surface area contributed by atoms with E-state index in [0.717, 1.165) is 29.7 Å². The Hall–Kier alpha value is -3.33. The van der Waals surface area contributed by atoms with Crippen molar-refractivity contribution in [3.05, 3.63) is 64.6 Å². The van der Waals surface area contributed by atoms with Crippen molar-refractivity contribution in [3.63, 3.8) is 0 Å². The molecule has 7 nitrogen and oxygen atoms in total. The van der Waals surface area contributed by atoms with Crippen LogP contribution in [0.15, 0.2) is 36.4 Å². The van der Waals surface area contributed by atoms with Crippen LogP contribution in [0.2, 0.25) is 0 Å². The van der Waals surface area contributed by atoms with Crippen molar-refractivity contribution < 1.29 is 18.4 Å². The van der Waals surface area contributed by atoms with E-state index in [0.29, 0.717) is 24.3 Å². The maximum Gasteiger partial charge on any atom is 0.242 e. The largest absolute Gasteiger partial charge is 0.384 e. The summed E-state index contributed by atoms with van der Waals surface area (Å²) in [6.45, 7) is 1.27. The van der Waals surface area contributed by atoms with Crippen LogP contribution >= 0.6 is 0 Å². The molecule has 33 heavy (non-hydrogen) atoms. The van der Waals surface area contributed by atoms with Crippen LogP contribution in [-0.2, 0) is 22.7 Å². The number of carbonyl (C=O) groups excluding carboxylic acids is 2. The van der Waals surface area contributed by atoms with Gasteiger partial charge in [0, 0.05) is 17.8 Å². The van der Waals surface area contributed by atoms with Crippen LogP contribution < -0.4 is 21.7 Å². The van der Waals surface area contributed by atoms with Crippen LogP contribution in [0, 0.1) is 5.82 Å². The number of amides is 2. The molecule has 9 heteroatoms. The van der Waals surface area contributed by atoms with Crippen molar-refractivity contribution in [3.8, 4) is 0 Å². The van der Waals surface area contributed by atoms with Gasteiger partial charge in [-0.3, -0.25) is 9.59 Å². The summed E-state index contributed by atoms with van der Waals surface area (Å²) in [5.41, 5.74) is 9.07. The van der Waals surface area contributed by atoms with Gasteiger partial charge in [-0.25, -0.2) is 13.8 Å². The lowest BCUT2D eigenvalue weighted by Crippen LogP contribution is -2.52. The monoisotopic (exact) mass is 455 g/mol. The van der Waals surface area contributed by atoms with Gasteiger partial charge in [0.05, 0.1) is 6.04 Å². The zero-order valence-electron chi connectivity index (χ0n) is 18.3. The van der Waals surface area contributed by atoms with E-state index in [1.807, 2.05) is 6.07 Å². The van der Waals surface area contributed by atoms with E-state index in [1.165, 1.54) is 12.1 Å². The highest BCUT2D eigenvalue weighted by atomic mass is 19.1. The predicted octanol–water partition coefficient (Wildman–Crippen LogP) is 2.33. The number of halogens is 2. The predicted molar refractivity (Wildman–Crippen MR) is 121 cm³/mol. The molecule has 0 bridgehead atoms. The molecular weight excluding hydrogens is 428 g/mol. The van der Waals surface area contributed by atoms with Crippen LogP contribution in [0.3, 0.4) is 0 Å². The minimum absolute atomic E-state index is 0.00963. The molecule has 0 radical (unpaired) electrons. The summed E-state index contributed by atoms with van der Waals surface area (Å²) in [6.07, 6.45) is 3.82. The number of hydrogen-bond donors (Lipinski definition) is 4. The maximum atomic E-state index is 13.6. The smallest absolute Gasteiger partial charge is 0.242 e. The number of fused-ring (bicyclic) bond motifs is 1. The van der Waals surface area contributed by atoms with Gasteiger partial charge in [-0.05, 0) is 61.1 Å². The molecule has 174 valence electrons. The Morgan fingerprint density at radius 3 is 2.88 bits per heavy atom. The third kappa shape index (κ3) is 5.03. The van der Waals surface area contributed by atoms with Crippen LogP contribution in [0.25, 0.3) is 5.57 Å². The number of benzene rings is 1. The number of nitrogens with zero attached hydrogens (tertiary/aromatic N) is 1. The lowest BCUT2D eigenvalue weighted by molar-refractivity contribution is -0.129. The van der Waals surface area contributed by atoms with E-state index in [2.05, 4.69) is 20.9 Å². The Morgan fingerprint density at radius 1 is 1.27 bits per heavy atom. The second kappa shape index (κ2) is 9.66. The second-order valence-corrected chi connectivity index (χ2v) is 8.42. The fraction of sp³-hybridized carbons (Fsp3) is 0.375. The van der Waals surface area contributed by atoms with Crippen LogP contribution in [0.4, 0.5) is 14.6 Å². The van der Waals surface area contributed by atoms with Crippen LogP contribution in [0.5, 0.6) is 0 Å². The number of anilines is 1. The Balaban J connectivity index is 1.38. The number of nitrogens with two attached hydrogens (primary N) is 1. The Bertz CT molecular complexity index is 1100. The summed E-state index contributed by atoms with van der Waals surface area (Å²) >= 11 is 0. The molecule has 1 unspecified atom stereocenters. The number of carbonyl (C=O) groups is 2. The summed E-state index contributed by atoms with van der Waals surface area (Å²) in [6, 6.07) is 6.32. The number of hydrogen-bond acceptors (Lipinski definition) is 5. The van der Waals surface area contributed by atoms with Crippen molar-refractivity contribution >= 4 is 23.2 Å². The summed E-state index contributed by atoms with van der Waals surface area (Å²) in [7, 11) is 0. The molecule has 1 aliphatic heterocycles. The molecule has 0 spiro atoms. The van der Waals surface area contributed by atoms with Gasteiger partial charge in [0.25, 0.3) is 0 Å². The summed E-state index contributed by atoms with van der Waals surface area (Å²) in [5.74, 6) is -0.766.